The van der Waals surface area contributed by atoms with E-state index in [2.05, 4.69) is 26.0 Å². The number of carbonyl (C=O) groups excluding carboxylic acids is 1. The molecule has 0 aliphatic rings. The Morgan fingerprint density at radius 3 is 2.28 bits per heavy atom. The standard InChI is InChI=1S/C15H23NO2/c1-4-18-15(17)10-9-14(16)13-7-5-12(6-8-13)11(2)3/h5-8,11,14H,4,9-10,16H2,1-3H3. The van der Waals surface area contributed by atoms with Gasteiger partial charge in [0.05, 0.1) is 6.61 Å². The first-order valence-electron chi connectivity index (χ1n) is 6.55. The molecule has 0 fully saturated rings. The van der Waals surface area contributed by atoms with Crippen molar-refractivity contribution in [2.75, 3.05) is 6.61 Å². The van der Waals surface area contributed by atoms with E-state index in [0.717, 1.165) is 5.56 Å². The van der Waals surface area contributed by atoms with Crippen LogP contribution in [0.5, 0.6) is 0 Å². The lowest BCUT2D eigenvalue weighted by molar-refractivity contribution is -0.143. The number of hydrogen-bond acceptors (Lipinski definition) is 3. The number of benzene rings is 1. The van der Waals surface area contributed by atoms with E-state index in [-0.39, 0.29) is 12.0 Å². The summed E-state index contributed by atoms with van der Waals surface area (Å²) in [5.74, 6) is 0.349. The zero-order valence-electron chi connectivity index (χ0n) is 11.5. The Labute approximate surface area is 109 Å². The van der Waals surface area contributed by atoms with Crippen LogP contribution in [0, 0.1) is 0 Å². The Hall–Kier alpha value is -1.35. The third kappa shape index (κ3) is 4.49. The van der Waals surface area contributed by atoms with E-state index in [1.54, 1.807) is 0 Å². The molecule has 1 unspecified atom stereocenters. The van der Waals surface area contributed by atoms with Crippen molar-refractivity contribution in [2.24, 2.45) is 5.73 Å². The van der Waals surface area contributed by atoms with Gasteiger partial charge in [0.15, 0.2) is 0 Å². The number of carbonyl (C=O) groups is 1. The SMILES string of the molecule is CCOC(=O)CCC(N)c1ccc(C(C)C)cc1. The normalized spacial score (nSPS) is 12.5. The summed E-state index contributed by atoms with van der Waals surface area (Å²) in [5.41, 5.74) is 8.43. The van der Waals surface area contributed by atoms with Crippen LogP contribution in [0.4, 0.5) is 0 Å². The molecule has 2 N–H and O–H groups in total. The summed E-state index contributed by atoms with van der Waals surface area (Å²) in [7, 11) is 0. The minimum absolute atomic E-state index is 0.101. The van der Waals surface area contributed by atoms with E-state index < -0.39 is 0 Å². The monoisotopic (exact) mass is 249 g/mol. The number of ether oxygens (including phenoxy) is 1. The van der Waals surface area contributed by atoms with Crippen molar-refractivity contribution in [3.63, 3.8) is 0 Å². The maximum Gasteiger partial charge on any atom is 0.305 e. The van der Waals surface area contributed by atoms with Gasteiger partial charge >= 0.3 is 5.97 Å². The highest BCUT2D eigenvalue weighted by molar-refractivity contribution is 5.69. The fourth-order valence-corrected chi connectivity index (χ4v) is 1.80. The lowest BCUT2D eigenvalue weighted by atomic mass is 9.97. The molecule has 0 spiro atoms. The highest BCUT2D eigenvalue weighted by atomic mass is 16.5. The van der Waals surface area contributed by atoms with Crippen LogP contribution in [0.15, 0.2) is 24.3 Å². The predicted molar refractivity (Wildman–Crippen MR) is 73.3 cm³/mol. The van der Waals surface area contributed by atoms with Crippen LogP contribution in [0.2, 0.25) is 0 Å². The van der Waals surface area contributed by atoms with Crippen molar-refractivity contribution >= 4 is 5.97 Å². The number of esters is 1. The minimum atomic E-state index is -0.174. The third-order valence-corrected chi connectivity index (χ3v) is 3.00. The molecule has 0 amide bonds. The van der Waals surface area contributed by atoms with Gasteiger partial charge in [0.25, 0.3) is 0 Å². The quantitative estimate of drug-likeness (QED) is 0.788. The van der Waals surface area contributed by atoms with Gasteiger partial charge < -0.3 is 10.5 Å². The van der Waals surface area contributed by atoms with E-state index in [0.29, 0.717) is 25.4 Å². The van der Waals surface area contributed by atoms with Crippen LogP contribution in [-0.2, 0) is 9.53 Å². The molecule has 0 aliphatic heterocycles. The smallest absolute Gasteiger partial charge is 0.305 e. The molecule has 0 bridgehead atoms. The van der Waals surface area contributed by atoms with E-state index >= 15 is 0 Å². The molecular weight excluding hydrogens is 226 g/mol. The van der Waals surface area contributed by atoms with Crippen LogP contribution in [0.1, 0.15) is 56.7 Å². The Balaban J connectivity index is 2.51. The van der Waals surface area contributed by atoms with Crippen molar-refractivity contribution in [1.82, 2.24) is 0 Å². The average molecular weight is 249 g/mol. The molecule has 0 saturated carbocycles. The van der Waals surface area contributed by atoms with Crippen molar-refractivity contribution in [3.05, 3.63) is 35.4 Å². The zero-order valence-corrected chi connectivity index (χ0v) is 11.5. The van der Waals surface area contributed by atoms with Crippen molar-refractivity contribution in [3.8, 4) is 0 Å². The van der Waals surface area contributed by atoms with Gasteiger partial charge in [-0.2, -0.15) is 0 Å². The van der Waals surface area contributed by atoms with Crippen molar-refractivity contribution < 1.29 is 9.53 Å². The zero-order chi connectivity index (χ0) is 13.5. The molecule has 0 aliphatic carbocycles. The molecule has 0 aromatic heterocycles. The number of rotatable bonds is 6. The summed E-state index contributed by atoms with van der Waals surface area (Å²) < 4.78 is 4.88. The Morgan fingerprint density at radius 1 is 1.22 bits per heavy atom. The summed E-state index contributed by atoms with van der Waals surface area (Å²) in [5, 5.41) is 0. The van der Waals surface area contributed by atoms with Gasteiger partial charge in [-0.1, -0.05) is 38.1 Å². The van der Waals surface area contributed by atoms with Gasteiger partial charge in [0, 0.05) is 12.5 Å². The maximum atomic E-state index is 11.2. The highest BCUT2D eigenvalue weighted by Gasteiger charge is 2.10. The molecule has 3 heteroatoms. The number of nitrogens with two attached hydrogens (primary N) is 1. The molecule has 0 saturated heterocycles. The first-order valence-corrected chi connectivity index (χ1v) is 6.55. The topological polar surface area (TPSA) is 52.3 Å². The fraction of sp³-hybridized carbons (Fsp3) is 0.533. The molecule has 1 aromatic rings. The van der Waals surface area contributed by atoms with Gasteiger partial charge in [-0.25, -0.2) is 0 Å². The first-order chi connectivity index (χ1) is 8.54. The lowest BCUT2D eigenvalue weighted by Gasteiger charge is -2.13. The summed E-state index contributed by atoms with van der Waals surface area (Å²) in [6, 6.07) is 8.20. The summed E-state index contributed by atoms with van der Waals surface area (Å²) >= 11 is 0. The number of hydrogen-bond donors (Lipinski definition) is 1. The molecule has 18 heavy (non-hydrogen) atoms. The maximum absolute atomic E-state index is 11.2. The van der Waals surface area contributed by atoms with Crippen LogP contribution in [0.3, 0.4) is 0 Å². The van der Waals surface area contributed by atoms with E-state index in [1.165, 1.54) is 5.56 Å². The largest absolute Gasteiger partial charge is 0.466 e. The Bertz CT molecular complexity index is 371. The predicted octanol–water partition coefficient (Wildman–Crippen LogP) is 3.15. The van der Waals surface area contributed by atoms with Crippen molar-refractivity contribution in [2.45, 2.75) is 45.6 Å². The van der Waals surface area contributed by atoms with Crippen LogP contribution >= 0.6 is 0 Å². The fourth-order valence-electron chi connectivity index (χ4n) is 1.80. The first kappa shape index (κ1) is 14.7. The molecule has 1 rings (SSSR count). The second-order valence-corrected chi connectivity index (χ2v) is 4.77. The molecule has 0 heterocycles. The lowest BCUT2D eigenvalue weighted by Crippen LogP contribution is -2.13. The van der Waals surface area contributed by atoms with Gasteiger partial charge in [0.1, 0.15) is 0 Å². The third-order valence-electron chi connectivity index (χ3n) is 3.00. The van der Waals surface area contributed by atoms with E-state index in [1.807, 2.05) is 19.1 Å². The highest BCUT2D eigenvalue weighted by Crippen LogP contribution is 2.20. The second-order valence-electron chi connectivity index (χ2n) is 4.77. The van der Waals surface area contributed by atoms with Gasteiger partial charge in [-0.05, 0) is 30.4 Å². The summed E-state index contributed by atoms with van der Waals surface area (Å²) in [4.78, 5) is 11.2. The summed E-state index contributed by atoms with van der Waals surface area (Å²) in [6.45, 7) is 6.56. The van der Waals surface area contributed by atoms with Crippen molar-refractivity contribution in [1.29, 1.82) is 0 Å². The van der Waals surface area contributed by atoms with E-state index in [4.69, 9.17) is 10.5 Å². The molecule has 1 atom stereocenters. The minimum Gasteiger partial charge on any atom is -0.466 e. The molecule has 1 aromatic carbocycles. The molecule has 100 valence electrons. The van der Waals surface area contributed by atoms with E-state index in [9.17, 15) is 4.79 Å². The molecular formula is C15H23NO2. The van der Waals surface area contributed by atoms with Crippen LogP contribution in [0.25, 0.3) is 0 Å². The van der Waals surface area contributed by atoms with Gasteiger partial charge in [-0.3, -0.25) is 4.79 Å². The molecule has 3 nitrogen and oxygen atoms in total. The summed E-state index contributed by atoms with van der Waals surface area (Å²) in [6.07, 6.45) is 1.00. The van der Waals surface area contributed by atoms with Crippen LogP contribution < -0.4 is 5.73 Å². The Morgan fingerprint density at radius 2 is 1.78 bits per heavy atom. The van der Waals surface area contributed by atoms with Gasteiger partial charge in [-0.15, -0.1) is 0 Å². The molecule has 0 radical (unpaired) electrons. The van der Waals surface area contributed by atoms with Gasteiger partial charge in [0.2, 0.25) is 0 Å². The average Bonchev–Trinajstić information content (AvgIpc) is 2.36. The Kier molecular flexibility index (Phi) is 5.86. The van der Waals surface area contributed by atoms with Crippen LogP contribution in [-0.4, -0.2) is 12.6 Å². The second kappa shape index (κ2) is 7.17.